The van der Waals surface area contributed by atoms with Crippen LogP contribution in [0.4, 0.5) is 0 Å². The fourth-order valence-electron chi connectivity index (χ4n) is 1.81. The molecule has 0 aromatic heterocycles. The van der Waals surface area contributed by atoms with Crippen LogP contribution in [0.1, 0.15) is 33.3 Å². The van der Waals surface area contributed by atoms with E-state index in [9.17, 15) is 14.9 Å². The fourth-order valence-corrected chi connectivity index (χ4v) is 2.21. The van der Waals surface area contributed by atoms with Crippen molar-refractivity contribution in [3.05, 3.63) is 35.9 Å². The van der Waals surface area contributed by atoms with Crippen LogP contribution < -0.4 is 5.32 Å². The van der Waals surface area contributed by atoms with Gasteiger partial charge >= 0.3 is 5.97 Å². The second-order valence-corrected chi connectivity index (χ2v) is 7.02. The molecule has 0 bridgehead atoms. The van der Waals surface area contributed by atoms with Gasteiger partial charge in [0.1, 0.15) is 5.54 Å². The molecule has 6 heteroatoms. The predicted molar refractivity (Wildman–Crippen MR) is 99.8 cm³/mol. The van der Waals surface area contributed by atoms with E-state index >= 15 is 0 Å². The average Bonchev–Trinajstić information content (AvgIpc) is 2.59. The number of esters is 1. The molecule has 134 valence electrons. The number of benzene rings is 1. The van der Waals surface area contributed by atoms with Gasteiger partial charge in [0.05, 0.1) is 6.07 Å². The molecule has 1 aromatic rings. The van der Waals surface area contributed by atoms with E-state index in [2.05, 4.69) is 11.4 Å². The number of ether oxygens (including phenoxy) is 1. The Hall–Kier alpha value is -2.26. The number of hydrogen-bond acceptors (Lipinski definition) is 5. The molecule has 0 saturated heterocycles. The third kappa shape index (κ3) is 6.28. The highest BCUT2D eigenvalue weighted by molar-refractivity contribution is 7.98. The van der Waals surface area contributed by atoms with Crippen LogP contribution >= 0.6 is 11.8 Å². The quantitative estimate of drug-likeness (QED) is 0.458. The summed E-state index contributed by atoms with van der Waals surface area (Å²) in [6.45, 7) is 6.80. The molecule has 2 atom stereocenters. The molecule has 1 amide bonds. The fraction of sp³-hybridized carbons (Fsp3) is 0.421. The molecule has 5 nitrogen and oxygen atoms in total. The number of amides is 1. The maximum Gasteiger partial charge on any atom is 0.331 e. The van der Waals surface area contributed by atoms with Gasteiger partial charge in [0, 0.05) is 11.0 Å². The molecule has 0 radical (unpaired) electrons. The topological polar surface area (TPSA) is 79.2 Å². The van der Waals surface area contributed by atoms with Crippen LogP contribution in [0.25, 0.3) is 6.08 Å². The Bertz CT molecular complexity index is 677. The zero-order valence-electron chi connectivity index (χ0n) is 15.2. The first-order valence-electron chi connectivity index (χ1n) is 7.98. The van der Waals surface area contributed by atoms with Gasteiger partial charge in [-0.05, 0) is 49.8 Å². The molecule has 0 aliphatic rings. The minimum absolute atomic E-state index is 0.0755. The predicted octanol–water partition coefficient (Wildman–Crippen LogP) is 3.41. The molecule has 0 fully saturated rings. The molecule has 0 heterocycles. The van der Waals surface area contributed by atoms with Crippen molar-refractivity contribution in [3.63, 3.8) is 0 Å². The van der Waals surface area contributed by atoms with Gasteiger partial charge in [0.25, 0.3) is 5.91 Å². The highest BCUT2D eigenvalue weighted by atomic mass is 32.2. The maximum absolute atomic E-state index is 12.1. The Labute approximate surface area is 153 Å². The highest BCUT2D eigenvalue weighted by Crippen LogP contribution is 2.16. The maximum atomic E-state index is 12.1. The second kappa shape index (κ2) is 9.28. The lowest BCUT2D eigenvalue weighted by molar-refractivity contribution is -0.150. The number of rotatable bonds is 7. The third-order valence-corrected chi connectivity index (χ3v) is 4.70. The minimum atomic E-state index is -1.01. The van der Waals surface area contributed by atoms with E-state index in [1.165, 1.54) is 13.0 Å². The summed E-state index contributed by atoms with van der Waals surface area (Å²) in [5.74, 6) is -1.18. The molecule has 25 heavy (non-hydrogen) atoms. The first-order chi connectivity index (χ1) is 11.7. The van der Waals surface area contributed by atoms with Crippen LogP contribution in [-0.2, 0) is 14.3 Å². The summed E-state index contributed by atoms with van der Waals surface area (Å²) in [5, 5.41) is 11.9. The van der Waals surface area contributed by atoms with Gasteiger partial charge in [-0.2, -0.15) is 5.26 Å². The van der Waals surface area contributed by atoms with E-state index in [1.807, 2.05) is 44.4 Å². The Morgan fingerprint density at radius 1 is 1.28 bits per heavy atom. The molecule has 0 saturated carbocycles. The van der Waals surface area contributed by atoms with Crippen LogP contribution in [0.2, 0.25) is 0 Å². The molecule has 1 aromatic carbocycles. The summed E-state index contributed by atoms with van der Waals surface area (Å²) >= 11 is 1.64. The van der Waals surface area contributed by atoms with Crippen molar-refractivity contribution in [3.8, 4) is 6.07 Å². The Balaban J connectivity index is 2.62. The molecule has 1 N–H and O–H groups in total. The van der Waals surface area contributed by atoms with Crippen molar-refractivity contribution < 1.29 is 14.3 Å². The molecule has 1 rings (SSSR count). The van der Waals surface area contributed by atoms with Crippen molar-refractivity contribution in [2.75, 3.05) is 6.26 Å². The Kier molecular flexibility index (Phi) is 7.72. The molecule has 0 spiro atoms. The summed E-state index contributed by atoms with van der Waals surface area (Å²) in [5.41, 5.74) is -0.143. The lowest BCUT2D eigenvalue weighted by Crippen LogP contribution is -2.52. The smallest absolute Gasteiger partial charge is 0.331 e. The van der Waals surface area contributed by atoms with E-state index in [0.717, 1.165) is 10.5 Å². The highest BCUT2D eigenvalue weighted by Gasteiger charge is 2.32. The first-order valence-corrected chi connectivity index (χ1v) is 9.20. The number of carbonyl (C=O) groups excluding carboxylic acids is 2. The van der Waals surface area contributed by atoms with Crippen molar-refractivity contribution in [2.24, 2.45) is 5.92 Å². The molecule has 0 aliphatic carbocycles. The number of nitriles is 1. The van der Waals surface area contributed by atoms with E-state index < -0.39 is 23.5 Å². The summed E-state index contributed by atoms with van der Waals surface area (Å²) in [6, 6.07) is 9.79. The molecule has 0 unspecified atom stereocenters. The van der Waals surface area contributed by atoms with Gasteiger partial charge in [0.2, 0.25) is 0 Å². The summed E-state index contributed by atoms with van der Waals surface area (Å²) in [6.07, 6.45) is 3.92. The standard InChI is InChI=1S/C19H24N2O3S/c1-13(2)19(4,12-20)21-18(23)14(3)24-17(22)11-8-15-6-9-16(25-5)10-7-15/h6-11,13-14H,1-5H3,(H,21,23)/b11-8+/t14-,19-/m1/s1. The SMILES string of the molecule is CSc1ccc(/C=C/C(=O)O[C@H](C)C(=O)N[C@](C)(C#N)C(C)C)cc1. The number of nitrogens with zero attached hydrogens (tertiary/aromatic N) is 1. The van der Waals surface area contributed by atoms with Gasteiger partial charge in [-0.25, -0.2) is 4.79 Å². The zero-order chi connectivity index (χ0) is 19.0. The normalized spacial score (nSPS) is 14.6. The third-order valence-electron chi connectivity index (χ3n) is 3.96. The Morgan fingerprint density at radius 2 is 1.88 bits per heavy atom. The van der Waals surface area contributed by atoms with Crippen LogP contribution in [0, 0.1) is 17.2 Å². The summed E-state index contributed by atoms with van der Waals surface area (Å²) in [4.78, 5) is 25.1. The summed E-state index contributed by atoms with van der Waals surface area (Å²) in [7, 11) is 0. The Morgan fingerprint density at radius 3 is 2.36 bits per heavy atom. The van der Waals surface area contributed by atoms with E-state index in [4.69, 9.17) is 4.74 Å². The van der Waals surface area contributed by atoms with Gasteiger partial charge in [0.15, 0.2) is 6.10 Å². The van der Waals surface area contributed by atoms with Crippen LogP contribution in [0.15, 0.2) is 35.2 Å². The van der Waals surface area contributed by atoms with Crippen molar-refractivity contribution >= 4 is 29.7 Å². The summed E-state index contributed by atoms with van der Waals surface area (Å²) < 4.78 is 5.10. The van der Waals surface area contributed by atoms with Crippen molar-refractivity contribution in [2.45, 2.75) is 44.2 Å². The van der Waals surface area contributed by atoms with Crippen molar-refractivity contribution in [1.29, 1.82) is 5.26 Å². The van der Waals surface area contributed by atoms with E-state index in [-0.39, 0.29) is 5.92 Å². The van der Waals surface area contributed by atoms with Crippen molar-refractivity contribution in [1.82, 2.24) is 5.32 Å². The van der Waals surface area contributed by atoms with Gasteiger partial charge in [-0.3, -0.25) is 4.79 Å². The largest absolute Gasteiger partial charge is 0.449 e. The molecule has 0 aliphatic heterocycles. The average molecular weight is 360 g/mol. The number of thioether (sulfide) groups is 1. The minimum Gasteiger partial charge on any atom is -0.449 e. The van der Waals surface area contributed by atoms with Crippen LogP contribution in [0.3, 0.4) is 0 Å². The number of carbonyl (C=O) groups is 2. The number of nitrogens with one attached hydrogen (secondary N) is 1. The first kappa shape index (κ1) is 20.8. The monoisotopic (exact) mass is 360 g/mol. The molecular formula is C19H24N2O3S. The van der Waals surface area contributed by atoms with Gasteiger partial charge in [-0.1, -0.05) is 26.0 Å². The van der Waals surface area contributed by atoms with Gasteiger partial charge in [-0.15, -0.1) is 11.8 Å². The van der Waals surface area contributed by atoms with Crippen LogP contribution in [0.5, 0.6) is 0 Å². The van der Waals surface area contributed by atoms with Gasteiger partial charge < -0.3 is 10.1 Å². The lowest BCUT2D eigenvalue weighted by atomic mass is 9.90. The zero-order valence-corrected chi connectivity index (χ0v) is 16.0. The van der Waals surface area contributed by atoms with E-state index in [1.54, 1.807) is 24.8 Å². The number of hydrogen-bond donors (Lipinski definition) is 1. The van der Waals surface area contributed by atoms with E-state index in [0.29, 0.717) is 0 Å². The molecular weight excluding hydrogens is 336 g/mol. The lowest BCUT2D eigenvalue weighted by Gasteiger charge is -2.28. The second-order valence-electron chi connectivity index (χ2n) is 6.14. The van der Waals surface area contributed by atoms with Crippen LogP contribution in [-0.4, -0.2) is 29.8 Å².